The lowest BCUT2D eigenvalue weighted by molar-refractivity contribution is -0.136. The molecule has 0 bridgehead atoms. The Balaban J connectivity index is 1.49. The summed E-state index contributed by atoms with van der Waals surface area (Å²) in [5.74, 6) is -0.0315. The van der Waals surface area contributed by atoms with Crippen molar-refractivity contribution in [1.82, 2.24) is 10.2 Å². The first kappa shape index (κ1) is 16.1. The maximum Gasteiger partial charge on any atom is 0.255 e. The summed E-state index contributed by atoms with van der Waals surface area (Å²) in [5, 5.41) is 2.32. The van der Waals surface area contributed by atoms with Gasteiger partial charge in [0.25, 0.3) is 5.91 Å². The highest BCUT2D eigenvalue weighted by molar-refractivity contribution is 6.05. The third kappa shape index (κ3) is 3.13. The zero-order chi connectivity index (χ0) is 17.4. The summed E-state index contributed by atoms with van der Waals surface area (Å²) >= 11 is 0. The van der Waals surface area contributed by atoms with Crippen molar-refractivity contribution < 1.29 is 19.1 Å². The van der Waals surface area contributed by atoms with Crippen molar-refractivity contribution in [2.24, 2.45) is 0 Å². The molecule has 1 saturated heterocycles. The number of rotatable bonds is 3. The molecule has 1 aromatic rings. The summed E-state index contributed by atoms with van der Waals surface area (Å²) in [4.78, 5) is 37.6. The van der Waals surface area contributed by atoms with E-state index in [1.165, 1.54) is 0 Å². The number of piperidine rings is 1. The first-order chi connectivity index (χ1) is 12.1. The van der Waals surface area contributed by atoms with Gasteiger partial charge < -0.3 is 9.64 Å². The predicted octanol–water partition coefficient (Wildman–Crippen LogP) is 1.97. The highest BCUT2D eigenvalue weighted by atomic mass is 16.5. The van der Waals surface area contributed by atoms with Crippen LogP contribution >= 0.6 is 0 Å². The third-order valence-electron chi connectivity index (χ3n) is 5.16. The quantitative estimate of drug-likeness (QED) is 0.853. The van der Waals surface area contributed by atoms with E-state index in [0.29, 0.717) is 18.5 Å². The topological polar surface area (TPSA) is 75.7 Å². The molecule has 3 aliphatic rings. The van der Waals surface area contributed by atoms with E-state index in [2.05, 4.69) is 11.7 Å². The fourth-order valence-electron chi connectivity index (χ4n) is 3.84. The molecule has 4 rings (SSSR count). The van der Waals surface area contributed by atoms with Crippen molar-refractivity contribution in [3.8, 4) is 5.75 Å². The Bertz CT molecular complexity index is 724. The molecule has 6 heteroatoms. The van der Waals surface area contributed by atoms with Crippen molar-refractivity contribution >= 4 is 17.7 Å². The lowest BCUT2D eigenvalue weighted by atomic mass is 9.98. The largest absolute Gasteiger partial charge is 0.490 e. The Kier molecular flexibility index (Phi) is 4.19. The SMILES string of the molecule is O=C1CCC(N2Cc3cc(O[C@H]4C[CH]CCC4)ccc3C2=O)C(=O)N1. The van der Waals surface area contributed by atoms with Crippen LogP contribution < -0.4 is 10.1 Å². The maximum atomic E-state index is 12.6. The Hall–Kier alpha value is -2.37. The Labute approximate surface area is 146 Å². The average Bonchev–Trinajstić information content (AvgIpc) is 2.92. The smallest absolute Gasteiger partial charge is 0.255 e. The molecule has 0 spiro atoms. The van der Waals surface area contributed by atoms with Crippen LogP contribution in [0.4, 0.5) is 0 Å². The molecule has 1 unspecified atom stereocenters. The van der Waals surface area contributed by atoms with E-state index in [0.717, 1.165) is 37.0 Å². The first-order valence-corrected chi connectivity index (χ1v) is 8.88. The fourth-order valence-corrected chi connectivity index (χ4v) is 3.84. The summed E-state index contributed by atoms with van der Waals surface area (Å²) in [6.07, 6.45) is 7.42. The van der Waals surface area contributed by atoms with Crippen molar-refractivity contribution in [3.05, 3.63) is 35.7 Å². The number of carbonyl (C=O) groups is 3. The summed E-state index contributed by atoms with van der Waals surface area (Å²) in [5.41, 5.74) is 1.50. The lowest BCUT2D eigenvalue weighted by Crippen LogP contribution is -2.52. The number of hydrogen-bond donors (Lipinski definition) is 1. The molecule has 2 atom stereocenters. The summed E-state index contributed by atoms with van der Waals surface area (Å²) in [7, 11) is 0. The second-order valence-corrected chi connectivity index (χ2v) is 6.91. The van der Waals surface area contributed by atoms with E-state index in [4.69, 9.17) is 4.74 Å². The van der Waals surface area contributed by atoms with Gasteiger partial charge in [-0.05, 0) is 62.3 Å². The van der Waals surface area contributed by atoms with Crippen molar-refractivity contribution in [1.29, 1.82) is 0 Å². The standard InChI is InChI=1S/C19H21N2O4/c22-17-9-8-16(18(23)20-17)21-11-12-10-14(6-7-15(12)19(21)24)25-13-4-2-1-3-5-13/h2,6-7,10,13,16H,1,3-5,8-9,11H2,(H,20,22,23)/t13-,16?/m0/s1. The van der Waals surface area contributed by atoms with Crippen molar-refractivity contribution in [3.63, 3.8) is 0 Å². The van der Waals surface area contributed by atoms with Crippen LogP contribution in [-0.4, -0.2) is 34.8 Å². The molecular weight excluding hydrogens is 320 g/mol. The predicted molar refractivity (Wildman–Crippen MR) is 89.7 cm³/mol. The van der Waals surface area contributed by atoms with Gasteiger partial charge >= 0.3 is 0 Å². The molecule has 2 fully saturated rings. The first-order valence-electron chi connectivity index (χ1n) is 8.88. The Morgan fingerprint density at radius 2 is 2.04 bits per heavy atom. The van der Waals surface area contributed by atoms with Gasteiger partial charge in [-0.2, -0.15) is 0 Å². The van der Waals surface area contributed by atoms with Gasteiger partial charge in [0.2, 0.25) is 11.8 Å². The molecular formula is C19H21N2O4. The van der Waals surface area contributed by atoms with Crippen LogP contribution in [0.2, 0.25) is 0 Å². The van der Waals surface area contributed by atoms with Crippen LogP contribution in [0.25, 0.3) is 0 Å². The van der Waals surface area contributed by atoms with Crippen LogP contribution in [0.5, 0.6) is 5.75 Å². The zero-order valence-electron chi connectivity index (χ0n) is 14.0. The van der Waals surface area contributed by atoms with Crippen LogP contribution in [0.1, 0.15) is 54.4 Å². The van der Waals surface area contributed by atoms with E-state index in [-0.39, 0.29) is 30.2 Å². The number of amides is 3. The van der Waals surface area contributed by atoms with Crippen molar-refractivity contribution in [2.45, 2.75) is 57.2 Å². The van der Waals surface area contributed by atoms with Gasteiger partial charge in [-0.15, -0.1) is 0 Å². The van der Waals surface area contributed by atoms with E-state index in [1.54, 1.807) is 11.0 Å². The molecule has 0 aromatic heterocycles. The summed E-state index contributed by atoms with van der Waals surface area (Å²) in [6.45, 7) is 0.383. The molecule has 2 aliphatic heterocycles. The average molecular weight is 341 g/mol. The Morgan fingerprint density at radius 1 is 1.16 bits per heavy atom. The number of benzene rings is 1. The highest BCUT2D eigenvalue weighted by Gasteiger charge is 2.39. The minimum atomic E-state index is -0.574. The number of ether oxygens (including phenoxy) is 1. The molecule has 2 heterocycles. The van der Waals surface area contributed by atoms with E-state index in [1.807, 2.05) is 12.1 Å². The Morgan fingerprint density at radius 3 is 2.80 bits per heavy atom. The second kappa shape index (κ2) is 6.50. The number of fused-ring (bicyclic) bond motifs is 1. The molecule has 6 nitrogen and oxygen atoms in total. The molecule has 1 N–H and O–H groups in total. The lowest BCUT2D eigenvalue weighted by Gasteiger charge is -2.29. The van der Waals surface area contributed by atoms with Gasteiger partial charge in [-0.1, -0.05) is 0 Å². The molecule has 1 radical (unpaired) electrons. The number of nitrogens with zero attached hydrogens (tertiary/aromatic N) is 1. The molecule has 1 saturated carbocycles. The van der Waals surface area contributed by atoms with Crippen molar-refractivity contribution in [2.75, 3.05) is 0 Å². The van der Waals surface area contributed by atoms with Gasteiger partial charge in [0.15, 0.2) is 0 Å². The van der Waals surface area contributed by atoms with E-state index >= 15 is 0 Å². The zero-order valence-corrected chi connectivity index (χ0v) is 14.0. The number of carbonyl (C=O) groups excluding carboxylic acids is 3. The van der Waals surface area contributed by atoms with Gasteiger partial charge in [0, 0.05) is 18.5 Å². The second-order valence-electron chi connectivity index (χ2n) is 6.91. The number of hydrogen-bond acceptors (Lipinski definition) is 4. The number of imide groups is 1. The van der Waals surface area contributed by atoms with Gasteiger partial charge in [-0.3, -0.25) is 19.7 Å². The van der Waals surface area contributed by atoms with E-state index in [9.17, 15) is 14.4 Å². The van der Waals surface area contributed by atoms with E-state index < -0.39 is 6.04 Å². The molecule has 3 amide bonds. The number of nitrogens with one attached hydrogen (secondary N) is 1. The third-order valence-corrected chi connectivity index (χ3v) is 5.16. The van der Waals surface area contributed by atoms with Crippen LogP contribution in [-0.2, 0) is 16.1 Å². The maximum absolute atomic E-state index is 12.6. The van der Waals surface area contributed by atoms with Crippen LogP contribution in [0, 0.1) is 6.42 Å². The van der Waals surface area contributed by atoms with Gasteiger partial charge in [0.1, 0.15) is 11.8 Å². The fraction of sp³-hybridized carbons (Fsp3) is 0.474. The summed E-state index contributed by atoms with van der Waals surface area (Å²) < 4.78 is 6.05. The van der Waals surface area contributed by atoms with Gasteiger partial charge in [0.05, 0.1) is 6.10 Å². The molecule has 25 heavy (non-hydrogen) atoms. The normalized spacial score (nSPS) is 24.2. The molecule has 1 aromatic carbocycles. The molecule has 131 valence electrons. The van der Waals surface area contributed by atoms with Crippen LogP contribution in [0.3, 0.4) is 0 Å². The minimum Gasteiger partial charge on any atom is -0.490 e. The summed E-state index contributed by atoms with van der Waals surface area (Å²) in [6, 6.07) is 4.95. The van der Waals surface area contributed by atoms with Crippen LogP contribution in [0.15, 0.2) is 18.2 Å². The highest BCUT2D eigenvalue weighted by Crippen LogP contribution is 2.31. The minimum absolute atomic E-state index is 0.151. The molecule has 1 aliphatic carbocycles. The van der Waals surface area contributed by atoms with Gasteiger partial charge in [-0.25, -0.2) is 0 Å². The monoisotopic (exact) mass is 341 g/mol.